The van der Waals surface area contributed by atoms with E-state index in [0.717, 1.165) is 66.1 Å². The van der Waals surface area contributed by atoms with Crippen LogP contribution in [0.2, 0.25) is 0 Å². The van der Waals surface area contributed by atoms with Crippen LogP contribution < -0.4 is 0 Å². The quantitative estimate of drug-likeness (QED) is 0.224. The largest absolute Gasteiger partial charge is 0.452 e. The molecular formula is C32H16O4. The molecule has 1 aliphatic carbocycles. The van der Waals surface area contributed by atoms with Crippen molar-refractivity contribution in [1.29, 1.82) is 0 Å². The summed E-state index contributed by atoms with van der Waals surface area (Å²) in [6, 6.07) is 32.4. The smallest absolute Gasteiger partial charge is 0.179 e. The average Bonchev–Trinajstić information content (AvgIpc) is 3.66. The van der Waals surface area contributed by atoms with Crippen molar-refractivity contribution in [2.75, 3.05) is 0 Å². The van der Waals surface area contributed by atoms with Gasteiger partial charge in [0.1, 0.15) is 22.3 Å². The average molecular weight is 464 g/mol. The van der Waals surface area contributed by atoms with E-state index < -0.39 is 0 Å². The zero-order chi connectivity index (χ0) is 23.4. The molecule has 0 amide bonds. The summed E-state index contributed by atoms with van der Waals surface area (Å²) < 4.78 is 26.4. The molecule has 9 rings (SSSR count). The van der Waals surface area contributed by atoms with E-state index in [1.165, 1.54) is 0 Å². The fourth-order valence-electron chi connectivity index (χ4n) is 5.81. The highest BCUT2D eigenvalue weighted by molar-refractivity contribution is 6.20. The molecule has 0 spiro atoms. The van der Waals surface area contributed by atoms with Crippen molar-refractivity contribution in [2.24, 2.45) is 0 Å². The highest BCUT2D eigenvalue weighted by Gasteiger charge is 2.36. The molecular weight excluding hydrogens is 448 g/mol. The summed E-state index contributed by atoms with van der Waals surface area (Å²) in [5.74, 6) is 2.80. The topological polar surface area (TPSA) is 52.6 Å². The lowest BCUT2D eigenvalue weighted by molar-refractivity contribution is 0.564. The third-order valence-electron chi connectivity index (χ3n) is 7.29. The summed E-state index contributed by atoms with van der Waals surface area (Å²) in [6.45, 7) is 0. The van der Waals surface area contributed by atoms with Gasteiger partial charge >= 0.3 is 0 Å². The minimum atomic E-state index is 0.700. The zero-order valence-electron chi connectivity index (χ0n) is 18.9. The molecule has 0 aliphatic heterocycles. The van der Waals surface area contributed by atoms with Gasteiger partial charge in [-0.25, -0.2) is 0 Å². The van der Waals surface area contributed by atoms with Gasteiger partial charge in [-0.1, -0.05) is 72.8 Å². The van der Waals surface area contributed by atoms with Crippen LogP contribution in [-0.4, -0.2) is 0 Å². The van der Waals surface area contributed by atoms with Crippen LogP contribution in [0.3, 0.4) is 0 Å². The van der Waals surface area contributed by atoms with Gasteiger partial charge in [0, 0.05) is 43.8 Å². The van der Waals surface area contributed by atoms with Crippen molar-refractivity contribution in [3.05, 3.63) is 97.1 Å². The number of para-hydroxylation sites is 4. The number of rotatable bonds is 0. The molecule has 0 bridgehead atoms. The highest BCUT2D eigenvalue weighted by Crippen LogP contribution is 2.57. The van der Waals surface area contributed by atoms with Crippen LogP contribution in [-0.2, 0) is 0 Å². The van der Waals surface area contributed by atoms with Crippen LogP contribution in [0.15, 0.2) is 115 Å². The predicted octanol–water partition coefficient (Wildman–Crippen LogP) is 9.65. The minimum Gasteiger partial charge on any atom is -0.452 e. The van der Waals surface area contributed by atoms with Crippen LogP contribution in [0.1, 0.15) is 0 Å². The van der Waals surface area contributed by atoms with Crippen molar-refractivity contribution in [2.45, 2.75) is 0 Å². The van der Waals surface area contributed by atoms with Crippen molar-refractivity contribution in [3.63, 3.8) is 0 Å². The lowest BCUT2D eigenvalue weighted by Crippen LogP contribution is -1.90. The molecule has 4 aromatic carbocycles. The number of fused-ring (bicyclic) bond motifs is 16. The standard InChI is InChI=1S/C32H16O4/c1-5-13-21-17(9-1)25-26-18-10-2-6-14-22(18)34-30(26)32-28(20-12-4-8-16-24(20)36-32)27-19-11-3-7-15-23(19)35-31(27)29(25)33-21/h1-16H. The molecule has 1 aliphatic rings. The Kier molecular flexibility index (Phi) is 3.25. The first-order valence-corrected chi connectivity index (χ1v) is 11.9. The maximum Gasteiger partial charge on any atom is 0.179 e. The van der Waals surface area contributed by atoms with Crippen molar-refractivity contribution in [3.8, 4) is 45.3 Å². The molecule has 0 saturated carbocycles. The van der Waals surface area contributed by atoms with Crippen molar-refractivity contribution in [1.82, 2.24) is 0 Å². The molecule has 4 heterocycles. The Balaban J connectivity index is 1.61. The normalized spacial score (nSPS) is 12.4. The molecule has 4 nitrogen and oxygen atoms in total. The number of hydrogen-bond acceptors (Lipinski definition) is 4. The van der Waals surface area contributed by atoms with Crippen LogP contribution in [0.25, 0.3) is 89.2 Å². The van der Waals surface area contributed by atoms with Crippen LogP contribution in [0.5, 0.6) is 0 Å². The fourth-order valence-corrected chi connectivity index (χ4v) is 5.81. The van der Waals surface area contributed by atoms with E-state index in [4.69, 9.17) is 17.7 Å². The van der Waals surface area contributed by atoms with Gasteiger partial charge in [0.15, 0.2) is 23.0 Å². The summed E-state index contributed by atoms with van der Waals surface area (Å²) in [7, 11) is 0. The fraction of sp³-hybridized carbons (Fsp3) is 0. The number of furan rings is 4. The van der Waals surface area contributed by atoms with Crippen LogP contribution in [0.4, 0.5) is 0 Å². The lowest BCUT2D eigenvalue weighted by atomic mass is 9.89. The van der Waals surface area contributed by atoms with Gasteiger partial charge < -0.3 is 17.7 Å². The molecule has 168 valence electrons. The summed E-state index contributed by atoms with van der Waals surface area (Å²) in [4.78, 5) is 0. The van der Waals surface area contributed by atoms with Gasteiger partial charge in [-0.3, -0.25) is 0 Å². The Bertz CT molecular complexity index is 1850. The van der Waals surface area contributed by atoms with Gasteiger partial charge in [0.05, 0.1) is 0 Å². The maximum atomic E-state index is 6.59. The molecule has 0 saturated heterocycles. The second-order valence-corrected chi connectivity index (χ2v) is 9.21. The molecule has 36 heavy (non-hydrogen) atoms. The Morgan fingerprint density at radius 2 is 0.500 bits per heavy atom. The molecule has 0 fully saturated rings. The van der Waals surface area contributed by atoms with Crippen LogP contribution >= 0.6 is 0 Å². The molecule has 0 N–H and O–H groups in total. The molecule has 0 atom stereocenters. The third kappa shape index (κ3) is 2.15. The second kappa shape index (κ2) is 6.37. The lowest BCUT2D eigenvalue weighted by Gasteiger charge is -2.10. The van der Waals surface area contributed by atoms with E-state index in [9.17, 15) is 0 Å². The summed E-state index contributed by atoms with van der Waals surface area (Å²) >= 11 is 0. The van der Waals surface area contributed by atoms with Gasteiger partial charge in [-0.15, -0.1) is 0 Å². The molecule has 4 heteroatoms. The van der Waals surface area contributed by atoms with E-state index in [1.54, 1.807) is 0 Å². The Hall–Kier alpha value is -4.96. The van der Waals surface area contributed by atoms with E-state index in [-0.39, 0.29) is 0 Å². The first kappa shape index (κ1) is 18.4. The van der Waals surface area contributed by atoms with Gasteiger partial charge in [-0.05, 0) is 24.3 Å². The van der Waals surface area contributed by atoms with Gasteiger partial charge in [0.25, 0.3) is 0 Å². The number of hydrogen-bond donors (Lipinski definition) is 0. The zero-order valence-corrected chi connectivity index (χ0v) is 18.9. The van der Waals surface area contributed by atoms with E-state index >= 15 is 0 Å². The molecule has 4 aromatic heterocycles. The monoisotopic (exact) mass is 464 g/mol. The molecule has 0 radical (unpaired) electrons. The Morgan fingerprint density at radius 1 is 0.278 bits per heavy atom. The van der Waals surface area contributed by atoms with Gasteiger partial charge in [0.2, 0.25) is 0 Å². The molecule has 8 aromatic rings. The van der Waals surface area contributed by atoms with E-state index in [1.807, 2.05) is 72.8 Å². The Morgan fingerprint density at radius 3 is 0.750 bits per heavy atom. The third-order valence-corrected chi connectivity index (χ3v) is 7.29. The first-order chi connectivity index (χ1) is 17.9. The summed E-state index contributed by atoms with van der Waals surface area (Å²) in [6.07, 6.45) is 0. The second-order valence-electron chi connectivity index (χ2n) is 9.21. The van der Waals surface area contributed by atoms with Gasteiger partial charge in [-0.2, -0.15) is 0 Å². The predicted molar refractivity (Wildman–Crippen MR) is 141 cm³/mol. The minimum absolute atomic E-state index is 0.700. The Labute approximate surface area is 204 Å². The number of benzene rings is 4. The van der Waals surface area contributed by atoms with E-state index in [2.05, 4.69) is 24.3 Å². The van der Waals surface area contributed by atoms with Crippen molar-refractivity contribution < 1.29 is 17.7 Å². The molecule has 0 unspecified atom stereocenters. The van der Waals surface area contributed by atoms with Crippen LogP contribution in [0, 0.1) is 0 Å². The maximum absolute atomic E-state index is 6.59. The highest BCUT2D eigenvalue weighted by atomic mass is 16.4. The summed E-state index contributed by atoms with van der Waals surface area (Å²) in [5, 5.41) is 4.02. The summed E-state index contributed by atoms with van der Waals surface area (Å²) in [5.41, 5.74) is 7.02. The van der Waals surface area contributed by atoms with Crippen molar-refractivity contribution >= 4 is 43.9 Å². The first-order valence-electron chi connectivity index (χ1n) is 11.9. The SMILES string of the molecule is c1ccc2c3c(oc2c1)-c1oc2ccccc2c1-c1c(oc2ccccc12)-c1oc2ccccc2c1-3. The van der Waals surface area contributed by atoms with E-state index in [0.29, 0.717) is 23.0 Å².